The lowest BCUT2D eigenvalue weighted by Crippen LogP contribution is -2.40. The zero-order valence-electron chi connectivity index (χ0n) is 14.1. The summed E-state index contributed by atoms with van der Waals surface area (Å²) in [6, 6.07) is 13.5. The molecule has 1 aromatic carbocycles. The van der Waals surface area contributed by atoms with E-state index in [9.17, 15) is 4.79 Å². The van der Waals surface area contributed by atoms with Crippen LogP contribution in [0.5, 0.6) is 0 Å². The second-order valence-corrected chi connectivity index (χ2v) is 6.12. The van der Waals surface area contributed by atoms with E-state index in [1.165, 1.54) is 0 Å². The van der Waals surface area contributed by atoms with Gasteiger partial charge in [-0.1, -0.05) is 30.3 Å². The molecule has 0 radical (unpaired) electrons. The fourth-order valence-electron chi connectivity index (χ4n) is 3.16. The van der Waals surface area contributed by atoms with Crippen molar-refractivity contribution in [3.63, 3.8) is 0 Å². The summed E-state index contributed by atoms with van der Waals surface area (Å²) in [7, 11) is 0. The van der Waals surface area contributed by atoms with Crippen molar-refractivity contribution in [2.45, 2.75) is 33.0 Å². The fraction of sp³-hybridized carbons (Fsp3) is 0.250. The number of furan rings is 1. The summed E-state index contributed by atoms with van der Waals surface area (Å²) < 4.78 is 16.7. The summed E-state index contributed by atoms with van der Waals surface area (Å²) >= 11 is 0. The first-order valence-corrected chi connectivity index (χ1v) is 8.26. The van der Waals surface area contributed by atoms with Gasteiger partial charge in [0.25, 0.3) is 5.91 Å². The van der Waals surface area contributed by atoms with Crippen molar-refractivity contribution in [1.82, 2.24) is 4.90 Å². The van der Waals surface area contributed by atoms with Crippen molar-refractivity contribution in [2.75, 3.05) is 0 Å². The highest BCUT2D eigenvalue weighted by Gasteiger charge is 2.42. The van der Waals surface area contributed by atoms with Crippen LogP contribution in [0.4, 0.5) is 0 Å². The zero-order valence-corrected chi connectivity index (χ0v) is 14.1. The third kappa shape index (κ3) is 2.92. The van der Waals surface area contributed by atoms with Gasteiger partial charge in [0, 0.05) is 11.3 Å². The predicted molar refractivity (Wildman–Crippen MR) is 91.8 cm³/mol. The smallest absolute Gasteiger partial charge is 0.259 e. The minimum absolute atomic E-state index is 0.0699. The molecule has 4 rings (SSSR count). The topological polar surface area (TPSA) is 51.9 Å². The van der Waals surface area contributed by atoms with Crippen LogP contribution in [0, 0.1) is 0 Å². The molecular formula is C20H19NO4. The van der Waals surface area contributed by atoms with E-state index in [2.05, 4.69) is 0 Å². The fourth-order valence-corrected chi connectivity index (χ4v) is 3.16. The van der Waals surface area contributed by atoms with Crippen LogP contribution in [0.1, 0.15) is 25.2 Å². The number of amides is 1. The average molecular weight is 337 g/mol. The number of nitrogens with zero attached hydrogens (tertiary/aromatic N) is 1. The van der Waals surface area contributed by atoms with Gasteiger partial charge in [0.1, 0.15) is 5.76 Å². The molecule has 3 heterocycles. The molecule has 2 aliphatic heterocycles. The van der Waals surface area contributed by atoms with Gasteiger partial charge >= 0.3 is 0 Å². The van der Waals surface area contributed by atoms with E-state index in [1.807, 2.05) is 50.2 Å². The number of allylic oxidation sites excluding steroid dienone is 1. The number of carbonyl (C=O) groups excluding carboxylic acids is 1. The lowest BCUT2D eigenvalue weighted by molar-refractivity contribution is -0.358. The molecule has 0 unspecified atom stereocenters. The average Bonchev–Trinajstić information content (AvgIpc) is 3.17. The molecule has 1 aromatic heterocycles. The highest BCUT2D eigenvalue weighted by molar-refractivity contribution is 6.06. The Morgan fingerprint density at radius 1 is 1.12 bits per heavy atom. The van der Waals surface area contributed by atoms with E-state index >= 15 is 0 Å². The predicted octanol–water partition coefficient (Wildman–Crippen LogP) is 3.70. The number of benzene rings is 1. The van der Waals surface area contributed by atoms with Gasteiger partial charge in [0.2, 0.25) is 0 Å². The molecule has 0 atom stereocenters. The highest BCUT2D eigenvalue weighted by Crippen LogP contribution is 2.38. The number of hydrogen-bond donors (Lipinski definition) is 0. The monoisotopic (exact) mass is 337 g/mol. The lowest BCUT2D eigenvalue weighted by Gasteiger charge is -2.35. The Morgan fingerprint density at radius 3 is 2.52 bits per heavy atom. The van der Waals surface area contributed by atoms with Gasteiger partial charge in [0.15, 0.2) is 12.6 Å². The number of ether oxygens (including phenoxy) is 2. The van der Waals surface area contributed by atoms with Crippen molar-refractivity contribution in [1.29, 1.82) is 0 Å². The summed E-state index contributed by atoms with van der Waals surface area (Å²) in [6.45, 7) is 4.27. The van der Waals surface area contributed by atoms with Gasteiger partial charge in [-0.2, -0.15) is 0 Å². The quantitative estimate of drug-likeness (QED) is 0.798. The van der Waals surface area contributed by atoms with Gasteiger partial charge in [-0.3, -0.25) is 4.79 Å². The molecule has 5 heteroatoms. The third-order valence-corrected chi connectivity index (χ3v) is 4.44. The summed E-state index contributed by atoms with van der Waals surface area (Å²) in [4.78, 5) is 14.8. The Hall–Kier alpha value is -2.63. The van der Waals surface area contributed by atoms with Gasteiger partial charge < -0.3 is 18.8 Å². The summed E-state index contributed by atoms with van der Waals surface area (Å²) in [5.41, 5.74) is 3.25. The second kappa shape index (κ2) is 6.35. The van der Waals surface area contributed by atoms with Gasteiger partial charge in [-0.05, 0) is 37.6 Å². The second-order valence-electron chi connectivity index (χ2n) is 6.12. The molecule has 0 saturated carbocycles. The number of rotatable bonds is 4. The zero-order chi connectivity index (χ0) is 17.4. The molecule has 5 nitrogen and oxygen atoms in total. The van der Waals surface area contributed by atoms with E-state index < -0.39 is 6.29 Å². The van der Waals surface area contributed by atoms with Crippen molar-refractivity contribution in [3.8, 4) is 0 Å². The molecule has 0 spiro atoms. The normalized spacial score (nSPS) is 25.0. The first kappa shape index (κ1) is 15.9. The van der Waals surface area contributed by atoms with E-state index in [0.29, 0.717) is 17.9 Å². The maximum absolute atomic E-state index is 13.0. The van der Waals surface area contributed by atoms with Crippen LogP contribution in [0.15, 0.2) is 70.0 Å². The molecule has 25 heavy (non-hydrogen) atoms. The molecule has 0 bridgehead atoms. The highest BCUT2D eigenvalue weighted by atomic mass is 16.9. The Kier molecular flexibility index (Phi) is 4.03. The van der Waals surface area contributed by atoms with E-state index in [-0.39, 0.29) is 12.2 Å². The third-order valence-electron chi connectivity index (χ3n) is 4.44. The van der Waals surface area contributed by atoms with Crippen molar-refractivity contribution >= 4 is 12.0 Å². The lowest BCUT2D eigenvalue weighted by atomic mass is 10.0. The van der Waals surface area contributed by atoms with Crippen LogP contribution in [0.25, 0.3) is 6.08 Å². The minimum atomic E-state index is -0.513. The van der Waals surface area contributed by atoms with Crippen LogP contribution >= 0.6 is 0 Å². The van der Waals surface area contributed by atoms with Gasteiger partial charge in [-0.15, -0.1) is 0 Å². The molecule has 128 valence electrons. The maximum Gasteiger partial charge on any atom is 0.259 e. The SMILES string of the molecule is CC1=C(C2OC(C)O2)/C(=C/c2ccco2)C(=O)N1Cc1ccccc1. The van der Waals surface area contributed by atoms with E-state index in [1.54, 1.807) is 23.3 Å². The molecule has 2 aromatic rings. The molecular weight excluding hydrogens is 318 g/mol. The summed E-state index contributed by atoms with van der Waals surface area (Å²) in [6.07, 6.45) is 2.57. The van der Waals surface area contributed by atoms with Crippen molar-refractivity contribution in [2.24, 2.45) is 0 Å². The Bertz CT molecular complexity index is 830. The Morgan fingerprint density at radius 2 is 1.88 bits per heavy atom. The molecule has 0 N–H and O–H groups in total. The molecule has 1 amide bonds. The van der Waals surface area contributed by atoms with Crippen LogP contribution in [0.3, 0.4) is 0 Å². The van der Waals surface area contributed by atoms with E-state index in [0.717, 1.165) is 16.8 Å². The van der Waals surface area contributed by atoms with Crippen LogP contribution in [-0.2, 0) is 20.8 Å². The number of carbonyl (C=O) groups is 1. The van der Waals surface area contributed by atoms with Crippen LogP contribution in [0.2, 0.25) is 0 Å². The largest absolute Gasteiger partial charge is 0.465 e. The standard InChI is InChI=1S/C20H19NO4/c1-13-18(20-24-14(2)25-20)17(11-16-9-6-10-23-16)19(22)21(13)12-15-7-4-3-5-8-15/h3-11,14,20H,12H2,1-2H3/b17-11-. The first-order valence-electron chi connectivity index (χ1n) is 8.26. The van der Waals surface area contributed by atoms with Crippen molar-refractivity contribution in [3.05, 3.63) is 76.9 Å². The summed E-state index contributed by atoms with van der Waals surface area (Å²) in [5, 5.41) is 0. The molecule has 1 fully saturated rings. The van der Waals surface area contributed by atoms with E-state index in [4.69, 9.17) is 13.9 Å². The first-order chi connectivity index (χ1) is 12.1. The number of hydrogen-bond acceptors (Lipinski definition) is 4. The van der Waals surface area contributed by atoms with Crippen LogP contribution in [-0.4, -0.2) is 23.4 Å². The van der Waals surface area contributed by atoms with Gasteiger partial charge in [0.05, 0.1) is 18.4 Å². The van der Waals surface area contributed by atoms with Crippen molar-refractivity contribution < 1.29 is 18.7 Å². The minimum Gasteiger partial charge on any atom is -0.465 e. The molecule has 2 aliphatic rings. The Labute approximate surface area is 146 Å². The van der Waals surface area contributed by atoms with Crippen LogP contribution < -0.4 is 0 Å². The van der Waals surface area contributed by atoms with Gasteiger partial charge in [-0.25, -0.2) is 0 Å². The molecule has 0 aliphatic carbocycles. The maximum atomic E-state index is 13.0. The summed E-state index contributed by atoms with van der Waals surface area (Å²) in [5.74, 6) is 0.557. The Balaban J connectivity index is 1.70. The molecule has 1 saturated heterocycles.